The Morgan fingerprint density at radius 1 is 0.490 bits per heavy atom. The van der Waals surface area contributed by atoms with Gasteiger partial charge in [-0.25, -0.2) is 8.42 Å². The normalized spacial score (nSPS) is 12.8. The van der Waals surface area contributed by atoms with Crippen LogP contribution in [0.5, 0.6) is 0 Å². The average molecular weight is 718 g/mol. The Bertz CT molecular complexity index is 1100. The lowest BCUT2D eigenvalue weighted by atomic mass is 10.0. The van der Waals surface area contributed by atoms with E-state index in [1.807, 2.05) is 0 Å². The molecule has 0 aliphatic heterocycles. The number of quaternary nitrogens is 3. The molecular weight excluding hydrogens is 642 g/mol. The van der Waals surface area contributed by atoms with Crippen molar-refractivity contribution in [2.75, 3.05) is 58.9 Å². The molecule has 0 saturated heterocycles. The zero-order valence-corrected chi connectivity index (χ0v) is 35.5. The summed E-state index contributed by atoms with van der Waals surface area (Å²) in [6.07, 6.45) is 0. The molecule has 0 saturated carbocycles. The molecule has 10 nitrogen and oxygen atoms in total. The minimum Gasteiger partial charge on any atom is -0.744 e. The molecule has 0 radical (unpaired) electrons. The maximum Gasteiger partial charge on any atom is 0.124 e. The standard InChI is InChI=1S/3C10H24N.C8H6O7S/c3*1-7-11(8-2,9-3)10(4,5)6;9-7(10)4-1-5(8(11)12)3-6(2-4)16(13,14)15/h3*7-9H2,1-6H3;1-3H,(H,9,10)(H,11,12)(H,13,14,15)/q3*+1;/p-3. The fourth-order valence-corrected chi connectivity index (χ4v) is 7.80. The van der Waals surface area contributed by atoms with Crippen LogP contribution in [0.1, 0.15) is 145 Å². The lowest BCUT2D eigenvalue weighted by Crippen LogP contribution is -2.59. The minimum atomic E-state index is -4.95. The van der Waals surface area contributed by atoms with Gasteiger partial charge in [-0.15, -0.1) is 0 Å². The largest absolute Gasteiger partial charge is 0.744 e. The zero-order valence-electron chi connectivity index (χ0n) is 34.7. The summed E-state index contributed by atoms with van der Waals surface area (Å²) < 4.78 is 35.5. The van der Waals surface area contributed by atoms with Crippen LogP contribution in [-0.2, 0) is 10.1 Å². The van der Waals surface area contributed by atoms with Crippen molar-refractivity contribution in [2.45, 2.75) is 146 Å². The Labute approximate surface area is 302 Å². The van der Waals surface area contributed by atoms with Crippen molar-refractivity contribution >= 4 is 22.1 Å². The summed E-state index contributed by atoms with van der Waals surface area (Å²) >= 11 is 0. The number of hydrogen-bond donors (Lipinski definition) is 0. The minimum absolute atomic E-state index is 0.401. The second kappa shape index (κ2) is 20.7. The Hall–Kier alpha value is -2.05. The third kappa shape index (κ3) is 14.6. The molecule has 0 unspecified atom stereocenters. The second-order valence-corrected chi connectivity index (χ2v) is 16.9. The van der Waals surface area contributed by atoms with Crippen molar-refractivity contribution in [1.29, 1.82) is 0 Å². The number of carboxylic acid groups (broad SMARTS) is 2. The molecule has 0 atom stereocenters. The summed E-state index contributed by atoms with van der Waals surface area (Å²) in [5, 5.41) is 20.9. The number of nitrogens with zero attached hydrogens (tertiary/aromatic N) is 3. The van der Waals surface area contributed by atoms with Crippen LogP contribution in [0, 0.1) is 0 Å². The van der Waals surface area contributed by atoms with Crippen molar-refractivity contribution < 1.29 is 46.2 Å². The molecule has 49 heavy (non-hydrogen) atoms. The van der Waals surface area contributed by atoms with E-state index in [0.29, 0.717) is 34.8 Å². The number of carbonyl (C=O) groups excluding carboxylic acids is 2. The second-order valence-electron chi connectivity index (χ2n) is 15.6. The lowest BCUT2D eigenvalue weighted by molar-refractivity contribution is -0.966. The van der Waals surface area contributed by atoms with E-state index in [1.165, 1.54) is 72.4 Å². The zero-order chi connectivity index (χ0) is 39.9. The van der Waals surface area contributed by atoms with Gasteiger partial charge in [0.2, 0.25) is 0 Å². The van der Waals surface area contributed by atoms with Crippen LogP contribution >= 0.6 is 0 Å². The van der Waals surface area contributed by atoms with E-state index in [-0.39, 0.29) is 0 Å². The summed E-state index contributed by atoms with van der Waals surface area (Å²) in [5.41, 5.74) is -0.248. The highest BCUT2D eigenvalue weighted by Crippen LogP contribution is 2.25. The van der Waals surface area contributed by atoms with Gasteiger partial charge in [-0.1, -0.05) is 0 Å². The van der Waals surface area contributed by atoms with Gasteiger partial charge in [0, 0.05) is 0 Å². The first-order valence-electron chi connectivity index (χ1n) is 18.1. The molecule has 0 aliphatic carbocycles. The number of hydrogen-bond acceptors (Lipinski definition) is 7. The Balaban J connectivity index is -0.000000586. The van der Waals surface area contributed by atoms with Gasteiger partial charge < -0.3 is 37.8 Å². The topological polar surface area (TPSA) is 137 Å². The van der Waals surface area contributed by atoms with Crippen molar-refractivity contribution in [3.8, 4) is 0 Å². The number of aromatic carboxylic acids is 2. The molecule has 11 heteroatoms. The molecule has 0 N–H and O–H groups in total. The summed E-state index contributed by atoms with van der Waals surface area (Å²) in [5.74, 6) is -3.60. The van der Waals surface area contributed by atoms with Gasteiger partial charge in [0.15, 0.2) is 0 Å². The molecular formula is C38H75N3O7S. The molecule has 0 bridgehead atoms. The van der Waals surface area contributed by atoms with Crippen LogP contribution in [0.25, 0.3) is 0 Å². The van der Waals surface area contributed by atoms with Gasteiger partial charge in [-0.05, 0) is 154 Å². The van der Waals surface area contributed by atoms with E-state index in [4.69, 9.17) is 0 Å². The smallest absolute Gasteiger partial charge is 0.124 e. The SMILES string of the molecule is CC[N+](CC)(CC)C(C)(C)C.CC[N+](CC)(CC)C(C)(C)C.CC[N+](CC)(CC)C(C)(C)C.O=C([O-])c1cc(C(=O)[O-])cc(S(=O)(=O)[O-])c1. The predicted molar refractivity (Wildman–Crippen MR) is 198 cm³/mol. The summed E-state index contributed by atoms with van der Waals surface area (Å²) in [6.45, 7) is 52.9. The maximum absolute atomic E-state index is 10.6. The lowest BCUT2D eigenvalue weighted by Gasteiger charge is -2.47. The summed E-state index contributed by atoms with van der Waals surface area (Å²) in [7, 11) is -4.95. The first-order chi connectivity index (χ1) is 22.0. The van der Waals surface area contributed by atoms with E-state index < -0.39 is 38.1 Å². The third-order valence-electron chi connectivity index (χ3n) is 11.4. The fourth-order valence-electron chi connectivity index (χ4n) is 7.26. The van der Waals surface area contributed by atoms with E-state index >= 15 is 0 Å². The molecule has 0 heterocycles. The molecule has 290 valence electrons. The van der Waals surface area contributed by atoms with Crippen LogP contribution in [-0.4, -0.2) is 114 Å². The van der Waals surface area contributed by atoms with Gasteiger partial charge in [0.1, 0.15) is 10.1 Å². The molecule has 0 spiro atoms. The van der Waals surface area contributed by atoms with Crippen molar-refractivity contribution in [2.24, 2.45) is 0 Å². The maximum atomic E-state index is 10.6. The van der Waals surface area contributed by atoms with E-state index in [1.54, 1.807) is 0 Å². The van der Waals surface area contributed by atoms with Gasteiger partial charge in [-0.3, -0.25) is 0 Å². The number of benzene rings is 1. The van der Waals surface area contributed by atoms with Gasteiger partial charge in [0.05, 0.1) is 92.4 Å². The predicted octanol–water partition coefficient (Wildman–Crippen LogP) is 5.30. The molecule has 0 fully saturated rings. The summed E-state index contributed by atoms with van der Waals surface area (Å²) in [4.78, 5) is 19.9. The quantitative estimate of drug-likeness (QED) is 0.211. The summed E-state index contributed by atoms with van der Waals surface area (Å²) in [6, 6.07) is 1.67. The fraction of sp³-hybridized carbons (Fsp3) is 0.789. The van der Waals surface area contributed by atoms with Gasteiger partial charge >= 0.3 is 0 Å². The monoisotopic (exact) mass is 718 g/mol. The molecule has 0 amide bonds. The van der Waals surface area contributed by atoms with E-state index in [2.05, 4.69) is 125 Å². The Morgan fingerprint density at radius 2 is 0.673 bits per heavy atom. The van der Waals surface area contributed by atoms with Crippen molar-refractivity contribution in [3.05, 3.63) is 29.3 Å². The molecule has 0 aliphatic rings. The van der Waals surface area contributed by atoms with E-state index in [9.17, 15) is 32.8 Å². The third-order valence-corrected chi connectivity index (χ3v) is 12.2. The van der Waals surface area contributed by atoms with Crippen LogP contribution < -0.4 is 10.2 Å². The first-order valence-corrected chi connectivity index (χ1v) is 19.5. The molecule has 0 aromatic heterocycles. The molecule has 1 rings (SSSR count). The van der Waals surface area contributed by atoms with Crippen LogP contribution in [0.15, 0.2) is 23.1 Å². The Morgan fingerprint density at radius 3 is 0.755 bits per heavy atom. The first kappa shape index (κ1) is 51.3. The Kier molecular flexibility index (Phi) is 21.7. The number of rotatable bonds is 12. The van der Waals surface area contributed by atoms with Crippen molar-refractivity contribution in [1.82, 2.24) is 0 Å². The van der Waals surface area contributed by atoms with Crippen LogP contribution in [0.2, 0.25) is 0 Å². The van der Waals surface area contributed by atoms with Crippen LogP contribution in [0.3, 0.4) is 0 Å². The number of carbonyl (C=O) groups is 2. The highest BCUT2D eigenvalue weighted by Gasteiger charge is 2.36. The van der Waals surface area contributed by atoms with E-state index in [0.717, 1.165) is 0 Å². The van der Waals surface area contributed by atoms with Crippen molar-refractivity contribution in [3.63, 3.8) is 0 Å². The van der Waals surface area contributed by atoms with Crippen LogP contribution in [0.4, 0.5) is 0 Å². The number of carboxylic acids is 2. The highest BCUT2D eigenvalue weighted by molar-refractivity contribution is 7.85. The average Bonchev–Trinajstić information content (AvgIpc) is 2.99. The highest BCUT2D eigenvalue weighted by atomic mass is 32.2. The molecule has 1 aromatic rings. The van der Waals surface area contributed by atoms with Gasteiger partial charge in [0.25, 0.3) is 0 Å². The van der Waals surface area contributed by atoms with Gasteiger partial charge in [-0.2, -0.15) is 0 Å². The molecule has 1 aromatic carbocycles.